The van der Waals surface area contributed by atoms with Gasteiger partial charge in [-0.05, 0) is 18.2 Å². The van der Waals surface area contributed by atoms with Crippen LogP contribution in [0.4, 0.5) is 18.9 Å². The summed E-state index contributed by atoms with van der Waals surface area (Å²) in [6.07, 6.45) is -2.13. The zero-order valence-corrected chi connectivity index (χ0v) is 15.5. The molecule has 0 fully saturated rings. The summed E-state index contributed by atoms with van der Waals surface area (Å²) in [6.45, 7) is 0. The van der Waals surface area contributed by atoms with Crippen molar-refractivity contribution in [2.75, 3.05) is 0 Å². The first-order chi connectivity index (χ1) is 14.3. The number of nitrogens with zero attached hydrogens (tertiary/aromatic N) is 3. The smallest absolute Gasteiger partial charge is 0.415 e. The van der Waals surface area contributed by atoms with Gasteiger partial charge in [-0.25, -0.2) is 9.86 Å². The average Bonchev–Trinajstić information content (AvgIpc) is 2.99. The Hall–Kier alpha value is -4.00. The molecular weight excluding hydrogens is 427 g/mol. The summed E-state index contributed by atoms with van der Waals surface area (Å²) < 4.78 is 41.8. The van der Waals surface area contributed by atoms with E-state index in [0.29, 0.717) is 0 Å². The number of aromatic carboxylic acids is 1. The van der Waals surface area contributed by atoms with Crippen molar-refractivity contribution in [3.8, 4) is 22.8 Å². The number of allylic oxidation sites excluding steroid dienone is 2. The van der Waals surface area contributed by atoms with Crippen LogP contribution in [0.15, 0.2) is 36.6 Å². The molecule has 13 heteroatoms. The van der Waals surface area contributed by atoms with Gasteiger partial charge >= 0.3 is 17.8 Å². The minimum atomic E-state index is -4.97. The fraction of sp³-hybridized carbons (Fsp3) is 0.167. The van der Waals surface area contributed by atoms with Gasteiger partial charge in [0.2, 0.25) is 5.75 Å². The number of benzene rings is 1. The Morgan fingerprint density at radius 1 is 1.23 bits per heavy atom. The lowest BCUT2D eigenvalue weighted by molar-refractivity contribution is -0.385. The van der Waals surface area contributed by atoms with Crippen LogP contribution in [0.3, 0.4) is 0 Å². The van der Waals surface area contributed by atoms with Gasteiger partial charge in [0.25, 0.3) is 0 Å². The molecule has 0 amide bonds. The van der Waals surface area contributed by atoms with E-state index in [-0.39, 0.29) is 16.3 Å². The monoisotopic (exact) mass is 441 g/mol. The lowest BCUT2D eigenvalue weighted by atomic mass is 9.97. The molecule has 0 spiro atoms. The van der Waals surface area contributed by atoms with Gasteiger partial charge < -0.3 is 19.9 Å². The first-order valence-electron chi connectivity index (χ1n) is 8.41. The predicted molar refractivity (Wildman–Crippen MR) is 98.4 cm³/mol. The molecule has 1 aromatic carbocycles. The number of aromatic nitrogens is 1. The molecule has 1 atom stereocenters. The maximum Gasteiger partial charge on any atom is 0.415 e. The largest absolute Gasteiger partial charge is 0.504 e. The quantitative estimate of drug-likeness (QED) is 0.321. The van der Waals surface area contributed by atoms with Crippen LogP contribution in [0.5, 0.6) is 11.5 Å². The summed E-state index contributed by atoms with van der Waals surface area (Å²) in [6, 6.07) is 0.150. The molecule has 1 aromatic heterocycles. The molecule has 0 saturated heterocycles. The van der Waals surface area contributed by atoms with Crippen LogP contribution in [0.25, 0.3) is 16.8 Å². The van der Waals surface area contributed by atoms with Crippen molar-refractivity contribution in [3.63, 3.8) is 0 Å². The highest BCUT2D eigenvalue weighted by Crippen LogP contribution is 2.43. The Morgan fingerprint density at radius 2 is 1.87 bits per heavy atom. The summed E-state index contributed by atoms with van der Waals surface area (Å²) in [5, 5.41) is 49.8. The number of carbonyl (C=O) groups is 1. The second-order valence-corrected chi connectivity index (χ2v) is 6.56. The van der Waals surface area contributed by atoms with Crippen molar-refractivity contribution in [3.05, 3.63) is 57.9 Å². The van der Waals surface area contributed by atoms with Gasteiger partial charge in [0.05, 0.1) is 16.2 Å². The summed E-state index contributed by atoms with van der Waals surface area (Å²) in [7, 11) is 1.22. The maximum atomic E-state index is 13.6. The normalized spacial score (nSPS) is 16.4. The highest BCUT2D eigenvalue weighted by atomic mass is 19.4. The van der Waals surface area contributed by atoms with Crippen LogP contribution in [0.2, 0.25) is 0 Å². The van der Waals surface area contributed by atoms with Gasteiger partial charge in [0.15, 0.2) is 11.8 Å². The second kappa shape index (κ2) is 7.36. The zero-order valence-electron chi connectivity index (χ0n) is 15.5. The first-order valence-corrected chi connectivity index (χ1v) is 8.41. The number of carboxylic acid groups (broad SMARTS) is 1. The van der Waals surface area contributed by atoms with Crippen molar-refractivity contribution < 1.29 is 43.4 Å². The number of phenolic OH excluding ortho intramolecular Hbond substituents is 2. The summed E-state index contributed by atoms with van der Waals surface area (Å²) in [5.41, 5.74) is -2.67. The van der Waals surface area contributed by atoms with Crippen LogP contribution < -0.4 is 0 Å². The van der Waals surface area contributed by atoms with E-state index >= 15 is 0 Å². The Labute approximate surface area is 171 Å². The molecule has 1 aliphatic heterocycles. The highest BCUT2D eigenvalue weighted by molar-refractivity contribution is 5.97. The van der Waals surface area contributed by atoms with E-state index in [1.807, 2.05) is 0 Å². The lowest BCUT2D eigenvalue weighted by Gasteiger charge is -2.31. The number of aromatic hydroxyl groups is 2. The van der Waals surface area contributed by atoms with Crippen molar-refractivity contribution in [2.45, 2.75) is 12.2 Å². The van der Waals surface area contributed by atoms with E-state index in [2.05, 4.69) is 0 Å². The van der Waals surface area contributed by atoms with Crippen molar-refractivity contribution in [1.29, 1.82) is 0 Å². The highest BCUT2D eigenvalue weighted by Gasteiger charge is 2.48. The number of halogens is 3. The fourth-order valence-electron chi connectivity index (χ4n) is 3.37. The van der Waals surface area contributed by atoms with E-state index in [0.717, 1.165) is 41.1 Å². The van der Waals surface area contributed by atoms with E-state index in [9.17, 15) is 48.6 Å². The molecule has 10 nitrogen and oxygen atoms in total. The summed E-state index contributed by atoms with van der Waals surface area (Å²) in [4.78, 5) is 21.9. The molecule has 2 heterocycles. The van der Waals surface area contributed by atoms with Gasteiger partial charge in [-0.3, -0.25) is 15.3 Å². The Morgan fingerprint density at radius 3 is 2.42 bits per heavy atom. The number of nitro benzene ring substituents is 1. The topological polar surface area (TPSA) is 149 Å². The van der Waals surface area contributed by atoms with Gasteiger partial charge in [0.1, 0.15) is 0 Å². The molecular formula is C18H14F3N3O7. The SMILES string of the molecule is Cn1c(-c2cc(O)c(O)c([N+](=O)[O-])c2)cc(C(=O)O)c1C1=CC=CN(O)C1C(F)(F)F. The van der Waals surface area contributed by atoms with Gasteiger partial charge in [-0.15, -0.1) is 0 Å². The number of alkyl halides is 3. The molecule has 3 rings (SSSR count). The molecule has 0 saturated carbocycles. The van der Waals surface area contributed by atoms with Gasteiger partial charge in [0, 0.05) is 36.1 Å². The molecule has 0 radical (unpaired) electrons. The van der Waals surface area contributed by atoms with E-state index in [4.69, 9.17) is 0 Å². The summed E-state index contributed by atoms with van der Waals surface area (Å²) >= 11 is 0. The molecule has 0 bridgehead atoms. The number of nitro groups is 1. The van der Waals surface area contributed by atoms with Crippen molar-refractivity contribution in [1.82, 2.24) is 9.63 Å². The van der Waals surface area contributed by atoms with Gasteiger partial charge in [-0.1, -0.05) is 6.08 Å². The molecule has 31 heavy (non-hydrogen) atoms. The molecule has 1 aliphatic rings. The molecule has 1 unspecified atom stereocenters. The molecule has 164 valence electrons. The van der Waals surface area contributed by atoms with Gasteiger partial charge in [-0.2, -0.15) is 13.2 Å². The van der Waals surface area contributed by atoms with Crippen LogP contribution in [-0.2, 0) is 7.05 Å². The van der Waals surface area contributed by atoms with Crippen molar-refractivity contribution >= 4 is 17.2 Å². The molecule has 0 aliphatic carbocycles. The van der Waals surface area contributed by atoms with Crippen LogP contribution in [0.1, 0.15) is 16.1 Å². The van der Waals surface area contributed by atoms with Crippen LogP contribution in [-0.4, -0.2) is 53.3 Å². The lowest BCUT2D eigenvalue weighted by Crippen LogP contribution is -2.43. The number of hydrogen-bond donors (Lipinski definition) is 4. The third-order valence-electron chi connectivity index (χ3n) is 4.68. The number of hydrogen-bond acceptors (Lipinski definition) is 7. The third-order valence-corrected chi connectivity index (χ3v) is 4.68. The fourth-order valence-corrected chi connectivity index (χ4v) is 3.37. The summed E-state index contributed by atoms with van der Waals surface area (Å²) in [5.74, 6) is -3.48. The van der Waals surface area contributed by atoms with E-state index < -0.39 is 57.1 Å². The number of phenols is 2. The predicted octanol–water partition coefficient (Wildman–Crippen LogP) is 3.24. The van der Waals surface area contributed by atoms with Crippen LogP contribution >= 0.6 is 0 Å². The van der Waals surface area contributed by atoms with E-state index in [1.54, 1.807) is 0 Å². The van der Waals surface area contributed by atoms with Crippen molar-refractivity contribution in [2.24, 2.45) is 7.05 Å². The molecule has 2 aromatic rings. The zero-order chi connectivity index (χ0) is 23.2. The molecule has 4 N–H and O–H groups in total. The maximum absolute atomic E-state index is 13.6. The Kier molecular flexibility index (Phi) is 5.15. The Balaban J connectivity index is 2.29. The Bertz CT molecular complexity index is 1150. The first kappa shape index (κ1) is 21.7. The average molecular weight is 441 g/mol. The third kappa shape index (κ3) is 3.66. The van der Waals surface area contributed by atoms with Crippen LogP contribution in [0, 0.1) is 10.1 Å². The number of carboxylic acids is 1. The number of hydroxylamine groups is 2. The standard InChI is InChI=1S/C18H14F3N3O7/c1-22-11(8-5-12(24(30)31)15(26)13(25)6-8)7-10(17(27)28)14(22)9-3-2-4-23(29)16(9)18(19,20)21/h2-7,16,25-26,29H,1H3,(H,27,28). The van der Waals surface area contributed by atoms with E-state index in [1.165, 1.54) is 7.05 Å². The minimum Gasteiger partial charge on any atom is -0.504 e. The minimum absolute atomic E-state index is 0.0910. The second-order valence-electron chi connectivity index (χ2n) is 6.56. The number of rotatable bonds is 4.